The molecule has 0 aliphatic rings. The molecule has 2 rings (SSSR count). The van der Waals surface area contributed by atoms with Crippen molar-refractivity contribution in [1.29, 1.82) is 0 Å². The van der Waals surface area contributed by atoms with E-state index in [2.05, 4.69) is 24.2 Å². The fraction of sp³-hybridized carbons (Fsp3) is 0.0909. The first kappa shape index (κ1) is 9.98. The van der Waals surface area contributed by atoms with Gasteiger partial charge in [0.05, 0.1) is 10.9 Å². The summed E-state index contributed by atoms with van der Waals surface area (Å²) in [6.07, 6.45) is 1.75. The number of allylic oxidation sites excluding steroid dienone is 1. The Morgan fingerprint density at radius 2 is 2.20 bits per heavy atom. The van der Waals surface area contributed by atoms with Crippen LogP contribution in [0.1, 0.15) is 0 Å². The lowest BCUT2D eigenvalue weighted by atomic mass is 10.2. The van der Waals surface area contributed by atoms with Gasteiger partial charge in [0, 0.05) is 6.54 Å². The van der Waals surface area contributed by atoms with Crippen LogP contribution >= 0.6 is 12.6 Å². The molecule has 15 heavy (non-hydrogen) atoms. The standard InChI is InChI=1S/C11H10N2OS/c1-2-7-13-9-6-4-3-5-8(9)10(14)12-11(13)15/h2-6H,1,7H2,(H,12,14,15). The van der Waals surface area contributed by atoms with Crippen LogP contribution in [-0.4, -0.2) is 9.55 Å². The van der Waals surface area contributed by atoms with Gasteiger partial charge in [0.1, 0.15) is 0 Å². The molecule has 2 aromatic rings. The van der Waals surface area contributed by atoms with Crippen molar-refractivity contribution in [2.45, 2.75) is 11.7 Å². The van der Waals surface area contributed by atoms with Gasteiger partial charge in [-0.1, -0.05) is 18.2 Å². The summed E-state index contributed by atoms with van der Waals surface area (Å²) in [5, 5.41) is 1.02. The Bertz CT molecular complexity index is 574. The topological polar surface area (TPSA) is 34.9 Å². The maximum atomic E-state index is 11.6. The SMILES string of the molecule is C=CCn1c(S)nc(=O)c2ccccc21. The molecule has 0 unspecified atom stereocenters. The Morgan fingerprint density at radius 3 is 2.93 bits per heavy atom. The maximum Gasteiger partial charge on any atom is 0.281 e. The molecule has 0 aliphatic carbocycles. The molecule has 0 fully saturated rings. The highest BCUT2D eigenvalue weighted by Gasteiger charge is 2.05. The number of rotatable bonds is 2. The molecule has 1 aromatic carbocycles. The lowest BCUT2D eigenvalue weighted by molar-refractivity contribution is 0.714. The third kappa shape index (κ3) is 1.68. The van der Waals surface area contributed by atoms with E-state index >= 15 is 0 Å². The van der Waals surface area contributed by atoms with Crippen molar-refractivity contribution in [3.8, 4) is 0 Å². The van der Waals surface area contributed by atoms with Gasteiger partial charge in [-0.2, -0.15) is 4.98 Å². The summed E-state index contributed by atoms with van der Waals surface area (Å²) in [6, 6.07) is 7.34. The highest BCUT2D eigenvalue weighted by Crippen LogP contribution is 2.13. The first-order valence-corrected chi connectivity index (χ1v) is 4.98. The number of fused-ring (bicyclic) bond motifs is 1. The minimum Gasteiger partial charge on any atom is -0.316 e. The third-order valence-electron chi connectivity index (χ3n) is 2.18. The Morgan fingerprint density at radius 1 is 1.47 bits per heavy atom. The summed E-state index contributed by atoms with van der Waals surface area (Å²) in [4.78, 5) is 15.4. The fourth-order valence-corrected chi connectivity index (χ4v) is 1.80. The molecular weight excluding hydrogens is 208 g/mol. The van der Waals surface area contributed by atoms with Crippen LogP contribution in [0, 0.1) is 0 Å². The van der Waals surface area contributed by atoms with Crippen LogP contribution in [0.3, 0.4) is 0 Å². The lowest BCUT2D eigenvalue weighted by Gasteiger charge is -2.09. The number of benzene rings is 1. The zero-order valence-corrected chi connectivity index (χ0v) is 8.95. The summed E-state index contributed by atoms with van der Waals surface area (Å²) < 4.78 is 1.84. The molecule has 0 atom stereocenters. The molecule has 1 heterocycles. The van der Waals surface area contributed by atoms with Crippen LogP contribution in [0.25, 0.3) is 10.9 Å². The van der Waals surface area contributed by atoms with Crippen molar-refractivity contribution in [2.75, 3.05) is 0 Å². The van der Waals surface area contributed by atoms with E-state index in [-0.39, 0.29) is 5.56 Å². The first-order chi connectivity index (χ1) is 7.24. The molecule has 4 heteroatoms. The van der Waals surface area contributed by atoms with Crippen LogP contribution in [-0.2, 0) is 6.54 Å². The van der Waals surface area contributed by atoms with Crippen LogP contribution < -0.4 is 5.56 Å². The molecular formula is C11H10N2OS. The first-order valence-electron chi connectivity index (χ1n) is 4.53. The van der Waals surface area contributed by atoms with E-state index < -0.39 is 0 Å². The van der Waals surface area contributed by atoms with Crippen molar-refractivity contribution in [2.24, 2.45) is 0 Å². The molecule has 0 N–H and O–H groups in total. The quantitative estimate of drug-likeness (QED) is 0.474. The van der Waals surface area contributed by atoms with Crippen LogP contribution in [0.15, 0.2) is 46.9 Å². The molecule has 0 radical (unpaired) electrons. The highest BCUT2D eigenvalue weighted by molar-refractivity contribution is 7.80. The predicted molar refractivity (Wildman–Crippen MR) is 63.5 cm³/mol. The number of nitrogens with zero attached hydrogens (tertiary/aromatic N) is 2. The highest BCUT2D eigenvalue weighted by atomic mass is 32.1. The molecule has 0 amide bonds. The summed E-state index contributed by atoms with van der Waals surface area (Å²) in [7, 11) is 0. The fourth-order valence-electron chi connectivity index (χ4n) is 1.52. The molecule has 76 valence electrons. The summed E-state index contributed by atoms with van der Waals surface area (Å²) in [5.41, 5.74) is 0.596. The molecule has 3 nitrogen and oxygen atoms in total. The van der Waals surface area contributed by atoms with Gasteiger partial charge in [0.2, 0.25) is 0 Å². The zero-order valence-electron chi connectivity index (χ0n) is 8.05. The molecule has 0 saturated heterocycles. The zero-order chi connectivity index (χ0) is 10.8. The maximum absolute atomic E-state index is 11.6. The number of thiol groups is 1. The van der Waals surface area contributed by atoms with E-state index in [0.29, 0.717) is 17.1 Å². The van der Waals surface area contributed by atoms with E-state index in [9.17, 15) is 4.79 Å². The van der Waals surface area contributed by atoms with Crippen molar-refractivity contribution >= 4 is 23.5 Å². The summed E-state index contributed by atoms with van der Waals surface area (Å²) >= 11 is 4.18. The van der Waals surface area contributed by atoms with Crippen molar-refractivity contribution in [1.82, 2.24) is 9.55 Å². The minimum absolute atomic E-state index is 0.240. The van der Waals surface area contributed by atoms with Crippen LogP contribution in [0.2, 0.25) is 0 Å². The smallest absolute Gasteiger partial charge is 0.281 e. The van der Waals surface area contributed by atoms with Gasteiger partial charge in [0.15, 0.2) is 5.16 Å². The normalized spacial score (nSPS) is 10.5. The lowest BCUT2D eigenvalue weighted by Crippen LogP contribution is -2.14. The van der Waals surface area contributed by atoms with E-state index in [1.807, 2.05) is 22.8 Å². The van der Waals surface area contributed by atoms with E-state index in [4.69, 9.17) is 0 Å². The second-order valence-corrected chi connectivity index (χ2v) is 3.53. The molecule has 0 spiro atoms. The van der Waals surface area contributed by atoms with Gasteiger partial charge >= 0.3 is 0 Å². The van der Waals surface area contributed by atoms with Gasteiger partial charge < -0.3 is 4.57 Å². The van der Waals surface area contributed by atoms with E-state index in [1.54, 1.807) is 12.1 Å². The number of hydrogen-bond donors (Lipinski definition) is 1. The van der Waals surface area contributed by atoms with E-state index in [1.165, 1.54) is 0 Å². The average Bonchev–Trinajstić information content (AvgIpc) is 2.24. The van der Waals surface area contributed by atoms with E-state index in [0.717, 1.165) is 5.52 Å². The molecule has 0 saturated carbocycles. The second kappa shape index (κ2) is 3.90. The molecule has 1 aromatic heterocycles. The predicted octanol–water partition coefficient (Wildman–Crippen LogP) is 1.87. The van der Waals surface area contributed by atoms with Crippen molar-refractivity contribution in [3.63, 3.8) is 0 Å². The monoisotopic (exact) mass is 218 g/mol. The van der Waals surface area contributed by atoms with Crippen molar-refractivity contribution < 1.29 is 0 Å². The third-order valence-corrected chi connectivity index (χ3v) is 2.52. The van der Waals surface area contributed by atoms with Crippen LogP contribution in [0.4, 0.5) is 0 Å². The number of hydrogen-bond acceptors (Lipinski definition) is 3. The van der Waals surface area contributed by atoms with Gasteiger partial charge in [-0.25, -0.2) is 0 Å². The van der Waals surface area contributed by atoms with Crippen molar-refractivity contribution in [3.05, 3.63) is 47.3 Å². The minimum atomic E-state index is -0.240. The summed E-state index contributed by atoms with van der Waals surface area (Å²) in [5.74, 6) is 0. The number of aromatic nitrogens is 2. The largest absolute Gasteiger partial charge is 0.316 e. The second-order valence-electron chi connectivity index (χ2n) is 3.13. The Labute approximate surface area is 92.5 Å². The van der Waals surface area contributed by atoms with Gasteiger partial charge in [-0.3, -0.25) is 4.79 Å². The van der Waals surface area contributed by atoms with Crippen LogP contribution in [0.5, 0.6) is 0 Å². The summed E-state index contributed by atoms with van der Waals surface area (Å²) in [6.45, 7) is 4.26. The van der Waals surface area contributed by atoms with Gasteiger partial charge in [0.25, 0.3) is 5.56 Å². The molecule has 0 bridgehead atoms. The Hall–Kier alpha value is -1.55. The molecule has 0 aliphatic heterocycles. The number of para-hydroxylation sites is 1. The average molecular weight is 218 g/mol. The van der Waals surface area contributed by atoms with Gasteiger partial charge in [-0.15, -0.1) is 19.2 Å². The Kier molecular flexibility index (Phi) is 2.60. The van der Waals surface area contributed by atoms with Gasteiger partial charge in [-0.05, 0) is 12.1 Å². The Balaban J connectivity index is 2.89.